The summed E-state index contributed by atoms with van der Waals surface area (Å²) >= 11 is 0. The highest BCUT2D eigenvalue weighted by Gasteiger charge is 2.17. The maximum atomic E-state index is 6.18. The standard InChI is InChI=1S/C23H36N6O2/c1-16-9-10-18(20(12-16)31-23(3,4)5)13-24-22(25-14-19-8-7-11-30-19)26-15-21-28-27-17(2)29(21)6/h9-10,12,19H,7-8,11,13-15H2,1-6H3,(H2,24,25,26). The van der Waals surface area contributed by atoms with Gasteiger partial charge in [0.15, 0.2) is 11.8 Å². The Morgan fingerprint density at radius 1 is 1.26 bits per heavy atom. The van der Waals surface area contributed by atoms with E-state index in [1.807, 2.05) is 18.5 Å². The van der Waals surface area contributed by atoms with Crippen LogP contribution in [-0.4, -0.2) is 45.6 Å². The average molecular weight is 429 g/mol. The summed E-state index contributed by atoms with van der Waals surface area (Å²) < 4.78 is 13.9. The summed E-state index contributed by atoms with van der Waals surface area (Å²) in [5, 5.41) is 15.2. The fraction of sp³-hybridized carbons (Fsp3) is 0.609. The first-order valence-corrected chi connectivity index (χ1v) is 11.0. The zero-order chi connectivity index (χ0) is 22.4. The summed E-state index contributed by atoms with van der Waals surface area (Å²) in [4.78, 5) is 4.83. The van der Waals surface area contributed by atoms with E-state index in [-0.39, 0.29) is 11.7 Å². The summed E-state index contributed by atoms with van der Waals surface area (Å²) in [5.41, 5.74) is 1.95. The van der Waals surface area contributed by atoms with Gasteiger partial charge in [0, 0.05) is 25.8 Å². The summed E-state index contributed by atoms with van der Waals surface area (Å²) in [6.07, 6.45) is 2.41. The van der Waals surface area contributed by atoms with Gasteiger partial charge in [-0.05, 0) is 59.1 Å². The highest BCUT2D eigenvalue weighted by atomic mass is 16.5. The number of nitrogens with zero attached hydrogens (tertiary/aromatic N) is 4. The van der Waals surface area contributed by atoms with E-state index in [0.29, 0.717) is 13.1 Å². The molecule has 8 heteroatoms. The molecular formula is C23H36N6O2. The minimum Gasteiger partial charge on any atom is -0.488 e. The van der Waals surface area contributed by atoms with E-state index in [9.17, 15) is 0 Å². The van der Waals surface area contributed by atoms with Gasteiger partial charge < -0.3 is 24.7 Å². The minimum atomic E-state index is -0.269. The van der Waals surface area contributed by atoms with E-state index in [4.69, 9.17) is 14.5 Å². The number of ether oxygens (including phenoxy) is 2. The number of hydrogen-bond donors (Lipinski definition) is 2. The first-order chi connectivity index (χ1) is 14.7. The second kappa shape index (κ2) is 10.1. The van der Waals surface area contributed by atoms with E-state index in [1.165, 1.54) is 5.56 Å². The van der Waals surface area contributed by atoms with Crippen LogP contribution in [0.25, 0.3) is 0 Å². The molecule has 1 aromatic heterocycles. The molecule has 2 heterocycles. The van der Waals surface area contributed by atoms with Crippen molar-refractivity contribution < 1.29 is 9.47 Å². The second-order valence-corrected chi connectivity index (χ2v) is 9.08. The van der Waals surface area contributed by atoms with Crippen molar-refractivity contribution in [3.63, 3.8) is 0 Å². The topological polar surface area (TPSA) is 85.6 Å². The van der Waals surface area contributed by atoms with Gasteiger partial charge >= 0.3 is 0 Å². The third-order valence-electron chi connectivity index (χ3n) is 5.16. The lowest BCUT2D eigenvalue weighted by atomic mass is 10.1. The molecule has 0 bridgehead atoms. The summed E-state index contributed by atoms with van der Waals surface area (Å²) in [5.74, 6) is 3.33. The molecule has 2 aromatic rings. The molecular weight excluding hydrogens is 392 g/mol. The molecule has 0 radical (unpaired) electrons. The summed E-state index contributed by atoms with van der Waals surface area (Å²) in [6, 6.07) is 6.25. The van der Waals surface area contributed by atoms with Crippen molar-refractivity contribution in [3.05, 3.63) is 41.0 Å². The van der Waals surface area contributed by atoms with Crippen molar-refractivity contribution >= 4 is 5.96 Å². The van der Waals surface area contributed by atoms with E-state index in [0.717, 1.165) is 54.9 Å². The number of aromatic nitrogens is 3. The quantitative estimate of drug-likeness (QED) is 0.521. The number of aryl methyl sites for hydroxylation is 2. The van der Waals surface area contributed by atoms with Gasteiger partial charge in [0.1, 0.15) is 17.2 Å². The molecule has 31 heavy (non-hydrogen) atoms. The summed E-state index contributed by atoms with van der Waals surface area (Å²) in [7, 11) is 1.96. The van der Waals surface area contributed by atoms with Crippen molar-refractivity contribution in [2.75, 3.05) is 13.2 Å². The van der Waals surface area contributed by atoms with Gasteiger partial charge in [0.05, 0.1) is 19.2 Å². The first-order valence-electron chi connectivity index (χ1n) is 11.0. The zero-order valence-electron chi connectivity index (χ0n) is 19.7. The number of hydrogen-bond acceptors (Lipinski definition) is 5. The Bertz CT molecular complexity index is 894. The number of guanidine groups is 1. The summed E-state index contributed by atoms with van der Waals surface area (Å²) in [6.45, 7) is 12.8. The molecule has 1 aliphatic heterocycles. The molecule has 1 fully saturated rings. The highest BCUT2D eigenvalue weighted by Crippen LogP contribution is 2.25. The van der Waals surface area contributed by atoms with Crippen LogP contribution in [0.4, 0.5) is 0 Å². The monoisotopic (exact) mass is 428 g/mol. The highest BCUT2D eigenvalue weighted by molar-refractivity contribution is 5.79. The largest absolute Gasteiger partial charge is 0.488 e. The molecule has 0 amide bonds. The van der Waals surface area contributed by atoms with Gasteiger partial charge in [-0.3, -0.25) is 0 Å². The van der Waals surface area contributed by atoms with Crippen LogP contribution >= 0.6 is 0 Å². The van der Waals surface area contributed by atoms with E-state index >= 15 is 0 Å². The van der Waals surface area contributed by atoms with Crippen molar-refractivity contribution in [2.24, 2.45) is 12.0 Å². The Kier molecular flexibility index (Phi) is 7.54. The van der Waals surface area contributed by atoms with Gasteiger partial charge in [0.25, 0.3) is 0 Å². The van der Waals surface area contributed by atoms with Crippen LogP contribution in [0.5, 0.6) is 5.75 Å². The van der Waals surface area contributed by atoms with E-state index in [2.05, 4.69) is 66.7 Å². The fourth-order valence-corrected chi connectivity index (χ4v) is 3.34. The Hall–Kier alpha value is -2.61. The van der Waals surface area contributed by atoms with Crippen LogP contribution in [0.2, 0.25) is 0 Å². The first kappa shape index (κ1) is 23.1. The number of nitrogens with one attached hydrogen (secondary N) is 2. The van der Waals surface area contributed by atoms with Gasteiger partial charge in [-0.25, -0.2) is 4.99 Å². The Morgan fingerprint density at radius 2 is 2.06 bits per heavy atom. The molecule has 1 atom stereocenters. The predicted octanol–water partition coefficient (Wildman–Crippen LogP) is 3.02. The molecule has 1 saturated heterocycles. The maximum Gasteiger partial charge on any atom is 0.192 e. The normalized spacial score (nSPS) is 17.1. The van der Waals surface area contributed by atoms with Crippen molar-refractivity contribution in [3.8, 4) is 5.75 Å². The molecule has 1 aromatic carbocycles. The van der Waals surface area contributed by atoms with Gasteiger partial charge in [-0.2, -0.15) is 0 Å². The van der Waals surface area contributed by atoms with Gasteiger partial charge in [0.2, 0.25) is 0 Å². The molecule has 1 aliphatic rings. The molecule has 1 unspecified atom stereocenters. The molecule has 0 aliphatic carbocycles. The Labute approximate surface area is 185 Å². The van der Waals surface area contributed by atoms with Gasteiger partial charge in [-0.1, -0.05) is 12.1 Å². The zero-order valence-corrected chi connectivity index (χ0v) is 19.7. The smallest absolute Gasteiger partial charge is 0.192 e. The van der Waals surface area contributed by atoms with E-state index < -0.39 is 0 Å². The van der Waals surface area contributed by atoms with Crippen LogP contribution in [0.1, 0.15) is 56.4 Å². The SMILES string of the molecule is Cc1ccc(CN=C(NCc2nnc(C)n2C)NCC2CCCO2)c(OC(C)(C)C)c1. The molecule has 2 N–H and O–H groups in total. The molecule has 0 spiro atoms. The van der Waals surface area contributed by atoms with Crippen LogP contribution in [-0.2, 0) is 24.9 Å². The van der Waals surface area contributed by atoms with Crippen LogP contribution < -0.4 is 15.4 Å². The Balaban J connectivity index is 1.73. The third kappa shape index (κ3) is 6.95. The lowest BCUT2D eigenvalue weighted by Crippen LogP contribution is -2.41. The van der Waals surface area contributed by atoms with Crippen LogP contribution in [0, 0.1) is 13.8 Å². The third-order valence-corrected chi connectivity index (χ3v) is 5.16. The van der Waals surface area contributed by atoms with Gasteiger partial charge in [-0.15, -0.1) is 10.2 Å². The van der Waals surface area contributed by atoms with Crippen LogP contribution in [0.15, 0.2) is 23.2 Å². The van der Waals surface area contributed by atoms with Crippen LogP contribution in [0.3, 0.4) is 0 Å². The van der Waals surface area contributed by atoms with Crippen molar-refractivity contribution in [1.82, 2.24) is 25.4 Å². The molecule has 170 valence electrons. The molecule has 8 nitrogen and oxygen atoms in total. The molecule has 0 saturated carbocycles. The fourth-order valence-electron chi connectivity index (χ4n) is 3.34. The van der Waals surface area contributed by atoms with E-state index in [1.54, 1.807) is 0 Å². The minimum absolute atomic E-state index is 0.225. The number of benzene rings is 1. The molecule has 3 rings (SSSR count). The number of rotatable bonds is 7. The second-order valence-electron chi connectivity index (χ2n) is 9.08. The lowest BCUT2D eigenvalue weighted by Gasteiger charge is -2.23. The number of aliphatic imine (C=N–C) groups is 1. The lowest BCUT2D eigenvalue weighted by molar-refractivity contribution is 0.113. The van der Waals surface area contributed by atoms with Crippen molar-refractivity contribution in [2.45, 2.75) is 72.3 Å². The Morgan fingerprint density at radius 3 is 2.71 bits per heavy atom. The maximum absolute atomic E-state index is 6.18. The predicted molar refractivity (Wildman–Crippen MR) is 122 cm³/mol. The average Bonchev–Trinajstić information content (AvgIpc) is 3.32. The van der Waals surface area contributed by atoms with Crippen molar-refractivity contribution in [1.29, 1.82) is 0 Å².